The summed E-state index contributed by atoms with van der Waals surface area (Å²) in [5.74, 6) is 0. The Hall–Kier alpha value is -2.44. The van der Waals surface area contributed by atoms with E-state index in [0.29, 0.717) is 24.0 Å². The van der Waals surface area contributed by atoms with Gasteiger partial charge >= 0.3 is 0 Å². The minimum Gasteiger partial charge on any atom is -0.354 e. The molecule has 1 aromatic heterocycles. The summed E-state index contributed by atoms with van der Waals surface area (Å²) >= 11 is 0. The Kier molecular flexibility index (Phi) is 5.32. The first-order chi connectivity index (χ1) is 13.9. The standard InChI is InChI=1S/C23H26N2O3S/c1-16-7-9-19(17(2)13-16)23-21(15-26)20-14-18(8-10-22(20)24-23)29(27,28)25-11-5-3-4-6-12-25/h7-10,13-15,24H,3-6,11-12H2,1-2H3. The summed E-state index contributed by atoms with van der Waals surface area (Å²) in [6.45, 7) is 5.16. The van der Waals surface area contributed by atoms with Crippen LogP contribution in [-0.4, -0.2) is 37.1 Å². The molecule has 1 aliphatic rings. The maximum Gasteiger partial charge on any atom is 0.243 e. The van der Waals surface area contributed by atoms with E-state index in [1.807, 2.05) is 26.0 Å². The van der Waals surface area contributed by atoms with Crippen LogP contribution in [0.3, 0.4) is 0 Å². The fraction of sp³-hybridized carbons (Fsp3) is 0.348. The monoisotopic (exact) mass is 410 g/mol. The molecule has 1 N–H and O–H groups in total. The normalized spacial score (nSPS) is 16.1. The third-order valence-electron chi connectivity index (χ3n) is 5.78. The quantitative estimate of drug-likeness (QED) is 0.626. The fourth-order valence-electron chi connectivity index (χ4n) is 4.21. The second-order valence-corrected chi connectivity index (χ2v) is 9.81. The highest BCUT2D eigenvalue weighted by Gasteiger charge is 2.26. The summed E-state index contributed by atoms with van der Waals surface area (Å²) < 4.78 is 27.9. The zero-order valence-electron chi connectivity index (χ0n) is 16.9. The molecule has 2 aromatic carbocycles. The SMILES string of the molecule is Cc1ccc(-c2[nH]c3ccc(S(=O)(=O)N4CCCCCC4)cc3c2C=O)c(C)c1. The Morgan fingerprint density at radius 1 is 0.966 bits per heavy atom. The van der Waals surface area contributed by atoms with Gasteiger partial charge in [0.05, 0.1) is 10.6 Å². The van der Waals surface area contributed by atoms with E-state index in [4.69, 9.17) is 0 Å². The molecule has 1 fully saturated rings. The van der Waals surface area contributed by atoms with Gasteiger partial charge in [0, 0.05) is 35.1 Å². The van der Waals surface area contributed by atoms with Gasteiger partial charge in [-0.05, 0) is 50.5 Å². The largest absolute Gasteiger partial charge is 0.354 e. The molecule has 6 heteroatoms. The number of rotatable bonds is 4. The minimum absolute atomic E-state index is 0.251. The lowest BCUT2D eigenvalue weighted by atomic mass is 10.00. The van der Waals surface area contributed by atoms with Gasteiger partial charge in [0.25, 0.3) is 0 Å². The Bertz CT molecular complexity index is 1170. The smallest absolute Gasteiger partial charge is 0.243 e. The first-order valence-electron chi connectivity index (χ1n) is 10.1. The van der Waals surface area contributed by atoms with Crippen molar-refractivity contribution in [1.29, 1.82) is 0 Å². The molecule has 1 saturated heterocycles. The summed E-state index contributed by atoms with van der Waals surface area (Å²) in [7, 11) is -3.57. The maximum absolute atomic E-state index is 13.2. The van der Waals surface area contributed by atoms with Gasteiger partial charge in [-0.3, -0.25) is 4.79 Å². The van der Waals surface area contributed by atoms with Crippen LogP contribution in [0.25, 0.3) is 22.2 Å². The van der Waals surface area contributed by atoms with E-state index in [9.17, 15) is 13.2 Å². The van der Waals surface area contributed by atoms with E-state index in [0.717, 1.165) is 59.9 Å². The highest BCUT2D eigenvalue weighted by atomic mass is 32.2. The number of hydrogen-bond donors (Lipinski definition) is 1. The molecule has 0 unspecified atom stereocenters. The topological polar surface area (TPSA) is 70.2 Å². The molecule has 0 radical (unpaired) electrons. The number of nitrogens with zero attached hydrogens (tertiary/aromatic N) is 1. The molecule has 0 spiro atoms. The van der Waals surface area contributed by atoms with Gasteiger partial charge in [-0.25, -0.2) is 8.42 Å². The first kappa shape index (κ1) is 19.9. The van der Waals surface area contributed by atoms with Gasteiger partial charge in [0.15, 0.2) is 6.29 Å². The number of H-pyrrole nitrogens is 1. The Balaban J connectivity index is 1.83. The Morgan fingerprint density at radius 3 is 2.34 bits per heavy atom. The van der Waals surface area contributed by atoms with Crippen LogP contribution >= 0.6 is 0 Å². The lowest BCUT2D eigenvalue weighted by molar-refractivity contribution is 0.112. The summed E-state index contributed by atoms with van der Waals surface area (Å²) in [6, 6.07) is 11.1. The van der Waals surface area contributed by atoms with Crippen LogP contribution in [0.2, 0.25) is 0 Å². The van der Waals surface area contributed by atoms with Crippen molar-refractivity contribution in [2.75, 3.05) is 13.1 Å². The van der Waals surface area contributed by atoms with Crippen molar-refractivity contribution < 1.29 is 13.2 Å². The molecular weight excluding hydrogens is 384 g/mol. The van der Waals surface area contributed by atoms with Crippen molar-refractivity contribution in [3.8, 4) is 11.3 Å². The van der Waals surface area contributed by atoms with E-state index >= 15 is 0 Å². The third-order valence-corrected chi connectivity index (χ3v) is 7.68. The number of carbonyl (C=O) groups is 1. The Labute approximate surface area is 171 Å². The molecule has 2 heterocycles. The van der Waals surface area contributed by atoms with Gasteiger partial charge in [-0.15, -0.1) is 0 Å². The third kappa shape index (κ3) is 3.63. The molecule has 0 saturated carbocycles. The van der Waals surface area contributed by atoms with Crippen molar-refractivity contribution in [2.24, 2.45) is 0 Å². The van der Waals surface area contributed by atoms with Crippen LogP contribution in [-0.2, 0) is 10.0 Å². The zero-order valence-corrected chi connectivity index (χ0v) is 17.7. The molecule has 5 nitrogen and oxygen atoms in total. The number of aryl methyl sites for hydroxylation is 2. The van der Waals surface area contributed by atoms with Gasteiger partial charge in [0.2, 0.25) is 10.0 Å². The number of nitrogens with one attached hydrogen (secondary N) is 1. The molecule has 29 heavy (non-hydrogen) atoms. The number of benzene rings is 2. The van der Waals surface area contributed by atoms with Crippen molar-refractivity contribution in [3.05, 3.63) is 53.1 Å². The summed E-state index contributed by atoms with van der Waals surface area (Å²) in [5.41, 5.74) is 5.16. The second-order valence-electron chi connectivity index (χ2n) is 7.88. The van der Waals surface area contributed by atoms with Gasteiger partial charge < -0.3 is 4.98 Å². The van der Waals surface area contributed by atoms with Crippen LogP contribution in [0.15, 0.2) is 41.3 Å². The summed E-state index contributed by atoms with van der Waals surface area (Å²) in [5, 5.41) is 0.644. The average Bonchev–Trinajstić information content (AvgIpc) is 2.85. The number of aldehydes is 1. The van der Waals surface area contributed by atoms with Crippen LogP contribution in [0.5, 0.6) is 0 Å². The number of aromatic amines is 1. The lowest BCUT2D eigenvalue weighted by Gasteiger charge is -2.20. The molecule has 152 valence electrons. The number of aromatic nitrogens is 1. The minimum atomic E-state index is -3.57. The van der Waals surface area contributed by atoms with E-state index in [1.54, 1.807) is 22.5 Å². The molecule has 4 rings (SSSR count). The van der Waals surface area contributed by atoms with Crippen molar-refractivity contribution >= 4 is 27.2 Å². The van der Waals surface area contributed by atoms with E-state index in [1.165, 1.54) is 0 Å². The van der Waals surface area contributed by atoms with Crippen molar-refractivity contribution in [1.82, 2.24) is 9.29 Å². The molecule has 0 bridgehead atoms. The highest BCUT2D eigenvalue weighted by molar-refractivity contribution is 7.89. The predicted octanol–water partition coefficient (Wildman–Crippen LogP) is 4.83. The molecule has 0 aliphatic carbocycles. The number of sulfonamides is 1. The molecule has 0 atom stereocenters. The van der Waals surface area contributed by atoms with Crippen LogP contribution in [0, 0.1) is 13.8 Å². The summed E-state index contributed by atoms with van der Waals surface area (Å²) in [4.78, 5) is 15.6. The van der Waals surface area contributed by atoms with Crippen LogP contribution in [0.4, 0.5) is 0 Å². The van der Waals surface area contributed by atoms with Crippen molar-refractivity contribution in [3.63, 3.8) is 0 Å². The van der Waals surface area contributed by atoms with E-state index in [2.05, 4.69) is 11.1 Å². The first-order valence-corrected chi connectivity index (χ1v) is 11.5. The zero-order chi connectivity index (χ0) is 20.6. The second kappa shape index (κ2) is 7.76. The fourth-order valence-corrected chi connectivity index (χ4v) is 5.76. The van der Waals surface area contributed by atoms with Gasteiger partial charge in [-0.1, -0.05) is 36.6 Å². The number of fused-ring (bicyclic) bond motifs is 1. The van der Waals surface area contributed by atoms with Gasteiger partial charge in [0.1, 0.15) is 0 Å². The van der Waals surface area contributed by atoms with E-state index < -0.39 is 10.0 Å². The summed E-state index contributed by atoms with van der Waals surface area (Å²) in [6.07, 6.45) is 4.73. The molecule has 1 aliphatic heterocycles. The van der Waals surface area contributed by atoms with Crippen LogP contribution < -0.4 is 0 Å². The van der Waals surface area contributed by atoms with Crippen molar-refractivity contribution in [2.45, 2.75) is 44.4 Å². The maximum atomic E-state index is 13.2. The molecule has 3 aromatic rings. The number of hydrogen-bond acceptors (Lipinski definition) is 3. The predicted molar refractivity (Wildman–Crippen MR) is 116 cm³/mol. The Morgan fingerprint density at radius 2 is 1.69 bits per heavy atom. The van der Waals surface area contributed by atoms with E-state index in [-0.39, 0.29) is 4.90 Å². The number of carbonyl (C=O) groups excluding carboxylic acids is 1. The average molecular weight is 411 g/mol. The molecular formula is C23H26N2O3S. The lowest BCUT2D eigenvalue weighted by Crippen LogP contribution is -2.31. The molecule has 0 amide bonds. The van der Waals surface area contributed by atoms with Crippen LogP contribution in [0.1, 0.15) is 47.2 Å². The highest BCUT2D eigenvalue weighted by Crippen LogP contribution is 2.33. The van der Waals surface area contributed by atoms with Gasteiger partial charge in [-0.2, -0.15) is 4.31 Å².